The average molecular weight is 2150 g/mol. The molecular weight excluding hydrogens is 1990 g/mol. The third kappa shape index (κ3) is 33.6. The molecule has 0 heterocycles. The number of carbonyl (C=O) groups excluding carboxylic acids is 6. The van der Waals surface area contributed by atoms with Crippen LogP contribution in [-0.4, -0.2) is 123 Å². The number of hydrogen-bond donors (Lipinski definition) is 1. The number of benzene rings is 12. The second kappa shape index (κ2) is 59.2. The van der Waals surface area contributed by atoms with E-state index in [9.17, 15) is 33.9 Å². The Kier molecular flexibility index (Phi) is 48.7. The second-order valence-electron chi connectivity index (χ2n) is 37.9. The van der Waals surface area contributed by atoms with Crippen LogP contribution in [0.5, 0.6) is 40.2 Å². The van der Waals surface area contributed by atoms with Crippen LogP contribution in [-0.2, 0) is 52.7 Å². The van der Waals surface area contributed by atoms with Crippen molar-refractivity contribution in [3.63, 3.8) is 0 Å². The minimum atomic E-state index is -0.0975. The van der Waals surface area contributed by atoms with Crippen molar-refractivity contribution in [1.29, 1.82) is 0 Å². The lowest BCUT2D eigenvalue weighted by Gasteiger charge is -2.23. The molecule has 0 aromatic heterocycles. The van der Waals surface area contributed by atoms with Gasteiger partial charge in [0.05, 0.1) is 52.9 Å². The molecule has 1 saturated carbocycles. The molecular formula is C124H156N6O14S6. The third-order valence-electron chi connectivity index (χ3n) is 27.3. The van der Waals surface area contributed by atoms with Gasteiger partial charge >= 0.3 is 0 Å². The van der Waals surface area contributed by atoms with E-state index in [-0.39, 0.29) is 38.0 Å². The molecule has 12 aromatic rings. The molecule has 802 valence electrons. The molecule has 0 bridgehead atoms. The van der Waals surface area contributed by atoms with Crippen molar-refractivity contribution in [3.05, 3.63) is 343 Å². The first-order valence-corrected chi connectivity index (χ1v) is 57.6. The molecule has 1 N–H and O–H groups in total. The Balaban J connectivity index is 0.000000219. The fourth-order valence-electron chi connectivity index (χ4n) is 17.1. The van der Waals surface area contributed by atoms with Crippen molar-refractivity contribution >= 4 is 136 Å². The summed E-state index contributed by atoms with van der Waals surface area (Å²) in [5.74, 6) is 6.63. The zero-order valence-electron chi connectivity index (χ0n) is 94.6. The van der Waals surface area contributed by atoms with Gasteiger partial charge in [-0.1, -0.05) is 181 Å². The standard InChI is InChI=1S/C22H27NO2S.C21H27NO3S.C21H27NO2S.C20H25NO3S.2C20H25NO2S/c1-14-11-16(3)21(12-15(14)2)25-13-19-18(17-9-10-17)7-6-8-20(19)23(4)22(24)26-5;1-7-24-19-10-8-9-18(22(5)21(23)26-6)17(19)13-25-20-12-15(3)14(2)11-16(20)4;1-7-17-9-8-10-19(22(5)21(23)25-6)18(17)13-24-20-12-15(3)14(2)11-16(20)4;1-13-9-15(3)19(10-14(13)2)24-12-17-16(11-22)7-6-8-18(17)21(4)20(23)25-5;2*1-13-8-7-9-18(21(5)20(22)24-6)17(13)12-23-19-11-15(3)14(2)10-16(19)4/h6-8,11-12,17H,9-10,13H2,1-5H3;8-12H,7,13H2,1-6H3;8-12H,7,13H2,1-6H3;6-10,22H,11-12H2,1-5H3;2*7-11H,12H2,1-6H3. The van der Waals surface area contributed by atoms with Gasteiger partial charge < -0.3 is 67.7 Å². The van der Waals surface area contributed by atoms with Crippen LogP contribution >= 0.6 is 70.6 Å². The van der Waals surface area contributed by atoms with E-state index in [0.717, 1.165) is 176 Å². The van der Waals surface area contributed by atoms with Crippen LogP contribution in [0.2, 0.25) is 0 Å². The summed E-state index contributed by atoms with van der Waals surface area (Å²) >= 11 is 7.20. The number of rotatable bonds is 29. The summed E-state index contributed by atoms with van der Waals surface area (Å²) in [5.41, 5.74) is 38.3. The smallest absolute Gasteiger partial charge is 0.285 e. The van der Waals surface area contributed by atoms with Crippen LogP contribution in [0, 0.1) is 138 Å². The molecule has 1 aliphatic carbocycles. The van der Waals surface area contributed by atoms with Crippen molar-refractivity contribution in [2.24, 2.45) is 0 Å². The largest absolute Gasteiger partial charge is 0.493 e. The van der Waals surface area contributed by atoms with Gasteiger partial charge in [0.2, 0.25) is 0 Å². The first-order valence-electron chi connectivity index (χ1n) is 50.3. The molecule has 0 saturated heterocycles. The zero-order chi connectivity index (χ0) is 111. The van der Waals surface area contributed by atoms with Crippen LogP contribution < -0.4 is 62.6 Å². The molecule has 1 fully saturated rings. The summed E-state index contributed by atoms with van der Waals surface area (Å²) in [6, 6.07) is 60.9. The monoisotopic (exact) mass is 2150 g/mol. The van der Waals surface area contributed by atoms with E-state index in [1.807, 2.05) is 152 Å². The number of anilines is 6. The highest BCUT2D eigenvalue weighted by molar-refractivity contribution is 8.14. The van der Waals surface area contributed by atoms with Crippen LogP contribution in [0.4, 0.5) is 62.9 Å². The Morgan fingerprint density at radius 2 is 0.460 bits per heavy atom. The Labute approximate surface area is 919 Å². The van der Waals surface area contributed by atoms with E-state index in [2.05, 4.69) is 203 Å². The Morgan fingerprint density at radius 3 is 0.720 bits per heavy atom. The van der Waals surface area contributed by atoms with Gasteiger partial charge in [0.25, 0.3) is 31.4 Å². The predicted octanol–water partition coefficient (Wildman–Crippen LogP) is 32.6. The van der Waals surface area contributed by atoms with Crippen molar-refractivity contribution < 1.29 is 67.0 Å². The number of carbonyl (C=O) groups is 6. The fourth-order valence-corrected chi connectivity index (χ4v) is 19.3. The molecule has 0 spiro atoms. The van der Waals surface area contributed by atoms with Gasteiger partial charge in [0.15, 0.2) is 0 Å². The molecule has 150 heavy (non-hydrogen) atoms. The van der Waals surface area contributed by atoms with Crippen LogP contribution in [0.3, 0.4) is 0 Å². The van der Waals surface area contributed by atoms with Gasteiger partial charge in [-0.05, 0) is 415 Å². The van der Waals surface area contributed by atoms with Gasteiger partial charge in [-0.2, -0.15) is 0 Å². The summed E-state index contributed by atoms with van der Waals surface area (Å²) in [4.78, 5) is 82.7. The van der Waals surface area contributed by atoms with E-state index in [1.165, 1.54) is 150 Å². The van der Waals surface area contributed by atoms with Crippen LogP contribution in [0.25, 0.3) is 0 Å². The average Bonchev–Trinajstić information content (AvgIpc) is 1.64. The number of amides is 6. The van der Waals surface area contributed by atoms with Crippen LogP contribution in [0.15, 0.2) is 182 Å². The molecule has 0 unspecified atom stereocenters. The predicted molar refractivity (Wildman–Crippen MR) is 640 cm³/mol. The van der Waals surface area contributed by atoms with E-state index >= 15 is 0 Å². The highest BCUT2D eigenvalue weighted by atomic mass is 32.2. The van der Waals surface area contributed by atoms with E-state index in [0.29, 0.717) is 52.2 Å². The van der Waals surface area contributed by atoms with Gasteiger partial charge in [-0.3, -0.25) is 28.8 Å². The maximum atomic E-state index is 12.2. The van der Waals surface area contributed by atoms with E-state index in [4.69, 9.17) is 33.2 Å². The third-order valence-corrected chi connectivity index (χ3v) is 31.0. The lowest BCUT2D eigenvalue weighted by Crippen LogP contribution is -2.23. The first kappa shape index (κ1) is 123. The number of aliphatic hydroxyl groups excluding tert-OH is 1. The number of hydrogen-bond acceptors (Lipinski definition) is 20. The topological polar surface area (TPSA) is 207 Å². The second-order valence-corrected chi connectivity index (χ2v) is 42.5. The molecule has 13 rings (SSSR count). The summed E-state index contributed by atoms with van der Waals surface area (Å²) in [6.45, 7) is 48.5. The number of nitrogens with zero attached hydrogens (tertiary/aromatic N) is 6. The van der Waals surface area contributed by atoms with Crippen molar-refractivity contribution in [1.82, 2.24) is 0 Å². The molecule has 0 atom stereocenters. The van der Waals surface area contributed by atoms with E-state index in [1.54, 1.807) is 88.9 Å². The lowest BCUT2D eigenvalue weighted by atomic mass is 10.0. The number of ether oxygens (including phenoxy) is 7. The summed E-state index contributed by atoms with van der Waals surface area (Å²) in [6.07, 6.45) is 14.1. The molecule has 12 aromatic carbocycles. The van der Waals surface area contributed by atoms with Gasteiger partial charge in [0.1, 0.15) is 79.9 Å². The molecule has 26 heteroatoms. The number of thioether (sulfide) groups is 6. The molecule has 1 aliphatic rings. The summed E-state index contributed by atoms with van der Waals surface area (Å²) < 4.78 is 42.5. The Bertz CT molecular complexity index is 6460. The Morgan fingerprint density at radius 1 is 0.247 bits per heavy atom. The highest BCUT2D eigenvalue weighted by Crippen LogP contribution is 2.46. The summed E-state index contributed by atoms with van der Waals surface area (Å²) in [5, 5.41) is 9.71. The number of aliphatic hydroxyl groups is 1. The normalized spacial score (nSPS) is 11.1. The van der Waals surface area contributed by atoms with E-state index < -0.39 is 0 Å². The SMILES string of the molecule is CCOc1cccc(N(C)C(=O)SC)c1COc1cc(C)c(C)cc1C.CCc1cccc(N(C)C(=O)SC)c1COc1cc(C)c(C)cc1C.CSC(=O)N(C)c1cccc(C)c1COc1cc(C)c(C)cc1C.CSC(=O)N(C)c1cccc(C)c1COc1cc(C)c(C)cc1C.CSC(=O)N(C)c1cccc(C2CC2)c1COc1cc(C)c(C)cc1C.CSC(=O)N(C)c1cccc(CO)c1COc1cc(C)c(C)cc1C. The molecule has 20 nitrogen and oxygen atoms in total. The Hall–Kier alpha value is -11.9. The van der Waals surface area contributed by atoms with Gasteiger partial charge in [0, 0.05) is 70.1 Å². The van der Waals surface area contributed by atoms with Gasteiger partial charge in [-0.15, -0.1) is 0 Å². The summed E-state index contributed by atoms with van der Waals surface area (Å²) in [7, 11) is 10.8. The van der Waals surface area contributed by atoms with Crippen molar-refractivity contribution in [2.45, 2.75) is 224 Å². The molecule has 0 aliphatic heterocycles. The first-order chi connectivity index (χ1) is 71.3. The van der Waals surface area contributed by atoms with Gasteiger partial charge in [-0.25, -0.2) is 0 Å². The highest BCUT2D eigenvalue weighted by Gasteiger charge is 2.31. The van der Waals surface area contributed by atoms with Crippen molar-refractivity contribution in [3.8, 4) is 40.2 Å². The van der Waals surface area contributed by atoms with Crippen LogP contribution in [0.1, 0.15) is 194 Å². The minimum absolute atomic E-state index is 0.0178. The minimum Gasteiger partial charge on any atom is -0.493 e. The zero-order valence-corrected chi connectivity index (χ0v) is 99.5. The lowest BCUT2D eigenvalue weighted by molar-refractivity contribution is 0.264. The van der Waals surface area contributed by atoms with Crippen molar-refractivity contribution in [2.75, 3.05) is 116 Å². The number of aryl methyl sites for hydroxylation is 21. The quantitative estimate of drug-likeness (QED) is 0.0462. The fraction of sp³-hybridized carbons (Fsp3) is 0.371. The maximum absolute atomic E-state index is 12.2. The molecule has 0 radical (unpaired) electrons. The molecule has 6 amide bonds. The maximum Gasteiger partial charge on any atom is 0.285 e.